The molecule has 0 unspecified atom stereocenters. The lowest BCUT2D eigenvalue weighted by Gasteiger charge is -2.28. The smallest absolute Gasteiger partial charge is 0.335 e. The van der Waals surface area contributed by atoms with Gasteiger partial charge in [0.15, 0.2) is 0 Å². The number of hydrogen-bond donors (Lipinski definition) is 0. The number of benzene rings is 2. The van der Waals surface area contributed by atoms with Crippen LogP contribution in [0.3, 0.4) is 0 Å². The van der Waals surface area contributed by atoms with Gasteiger partial charge < -0.3 is 18.5 Å². The number of nitrogens with zero attached hydrogens (tertiary/aromatic N) is 2. The normalized spacial score (nSPS) is 12.1. The van der Waals surface area contributed by atoms with Gasteiger partial charge in [-0.25, -0.2) is 0 Å². The Kier molecular flexibility index (Phi) is 9.49. The Hall–Kier alpha value is -2.15. The molecule has 0 fully saturated rings. The Morgan fingerprint density at radius 3 is 1.88 bits per heavy atom. The van der Waals surface area contributed by atoms with Gasteiger partial charge in [0.2, 0.25) is 8.46 Å². The fourth-order valence-corrected chi connectivity index (χ4v) is 5.89. The van der Waals surface area contributed by atoms with Crippen molar-refractivity contribution in [3.05, 3.63) is 46.5 Å². The van der Waals surface area contributed by atoms with E-state index in [2.05, 4.69) is 12.1 Å². The molecule has 0 saturated heterocycles. The van der Waals surface area contributed by atoms with Crippen LogP contribution in [0.25, 0.3) is 10.8 Å². The van der Waals surface area contributed by atoms with Gasteiger partial charge in [-0.15, -0.1) is 0 Å². The lowest BCUT2D eigenvalue weighted by atomic mass is 9.94. The van der Waals surface area contributed by atoms with Gasteiger partial charge in [-0.3, -0.25) is 9.13 Å². The molecule has 0 aliphatic heterocycles. The van der Waals surface area contributed by atoms with Crippen molar-refractivity contribution in [2.24, 2.45) is 0 Å². The lowest BCUT2D eigenvalue weighted by molar-refractivity contribution is -0.176. The van der Waals surface area contributed by atoms with Gasteiger partial charge in [0.25, 0.3) is 5.53 Å². The highest BCUT2D eigenvalue weighted by atomic mass is 31.2. The largest absolute Gasteiger partial charge is 0.337 e. The van der Waals surface area contributed by atoms with Crippen molar-refractivity contribution in [2.45, 2.75) is 39.4 Å². The number of rotatable bonds is 12. The molecular formula is C22H26N2O6P2. The molecule has 32 heavy (non-hydrogen) atoms. The van der Waals surface area contributed by atoms with Gasteiger partial charge in [0.1, 0.15) is 12.1 Å². The first-order valence-electron chi connectivity index (χ1n) is 10.3. The number of hydrogen-bond acceptors (Lipinski definition) is 8. The number of fused-ring (bicyclic) bond motifs is 1. The molecule has 0 saturated carbocycles. The third kappa shape index (κ3) is 5.25. The Morgan fingerprint density at radius 2 is 1.41 bits per heavy atom. The van der Waals surface area contributed by atoms with Crippen molar-refractivity contribution in [1.82, 2.24) is 0 Å². The summed E-state index contributed by atoms with van der Waals surface area (Å²) in [6, 6.07) is 10.8. The van der Waals surface area contributed by atoms with Gasteiger partial charge in [0, 0.05) is 29.5 Å². The van der Waals surface area contributed by atoms with E-state index in [4.69, 9.17) is 18.5 Å². The summed E-state index contributed by atoms with van der Waals surface area (Å²) >= 11 is 0. The maximum atomic E-state index is 13.0. The molecule has 0 aliphatic carbocycles. The molecule has 0 spiro atoms. The van der Waals surface area contributed by atoms with E-state index in [1.54, 1.807) is 52.0 Å². The van der Waals surface area contributed by atoms with Crippen LogP contribution in [0.4, 0.5) is 0 Å². The monoisotopic (exact) mass is 476 g/mol. The van der Waals surface area contributed by atoms with E-state index in [0.29, 0.717) is 21.9 Å². The molecule has 0 aromatic heterocycles. The zero-order valence-electron chi connectivity index (χ0n) is 18.6. The molecule has 0 heterocycles. The Balaban J connectivity index is 2.74. The molecule has 2 aromatic rings. The molecular weight excluding hydrogens is 450 g/mol. The third-order valence-electron chi connectivity index (χ3n) is 4.67. The fraction of sp³-hybridized carbons (Fsp3) is 0.455. The number of nitriles is 2. The SMILES string of the molecule is CCOC(OCC)(P=O)c1ccc2c(C#N)c(CP(=O)(OCC)OCC)ccc2c1C#N. The van der Waals surface area contributed by atoms with Crippen LogP contribution in [-0.2, 0) is 39.3 Å². The van der Waals surface area contributed by atoms with Gasteiger partial charge >= 0.3 is 7.60 Å². The topological polar surface area (TPSA) is 119 Å². The summed E-state index contributed by atoms with van der Waals surface area (Å²) in [6.45, 7) is 7.75. The second kappa shape index (κ2) is 11.6. The third-order valence-corrected chi connectivity index (χ3v) is 7.44. The van der Waals surface area contributed by atoms with Crippen LogP contribution in [-0.4, -0.2) is 26.4 Å². The van der Waals surface area contributed by atoms with Crippen LogP contribution in [0.15, 0.2) is 24.3 Å². The maximum Gasteiger partial charge on any atom is 0.335 e. The highest BCUT2D eigenvalue weighted by Gasteiger charge is 2.38. The van der Waals surface area contributed by atoms with Crippen molar-refractivity contribution in [3.8, 4) is 12.1 Å². The van der Waals surface area contributed by atoms with Gasteiger partial charge in [-0.05, 0) is 33.3 Å². The molecule has 170 valence electrons. The summed E-state index contributed by atoms with van der Waals surface area (Å²) in [5.74, 6) is 0. The lowest BCUT2D eigenvalue weighted by Crippen LogP contribution is -2.28. The van der Waals surface area contributed by atoms with Crippen molar-refractivity contribution < 1.29 is 27.7 Å². The van der Waals surface area contributed by atoms with E-state index in [9.17, 15) is 19.7 Å². The van der Waals surface area contributed by atoms with Crippen LogP contribution in [0.2, 0.25) is 0 Å². The summed E-state index contributed by atoms with van der Waals surface area (Å²) in [7, 11) is -3.89. The van der Waals surface area contributed by atoms with E-state index >= 15 is 0 Å². The van der Waals surface area contributed by atoms with Crippen molar-refractivity contribution >= 4 is 26.8 Å². The van der Waals surface area contributed by atoms with Crippen molar-refractivity contribution in [1.29, 1.82) is 10.5 Å². The minimum atomic E-state index is -3.44. The minimum Gasteiger partial charge on any atom is -0.337 e. The Labute approximate surface area is 189 Å². The average molecular weight is 476 g/mol. The maximum absolute atomic E-state index is 13.0. The van der Waals surface area contributed by atoms with Crippen LogP contribution in [0.5, 0.6) is 0 Å². The van der Waals surface area contributed by atoms with E-state index in [1.807, 2.05) is 0 Å². The molecule has 10 heteroatoms. The standard InChI is InChI=1S/C22H26N2O6P2/c1-5-27-22(31-25,28-6-2)21-12-11-17-18(20(21)14-24)10-9-16(19(17)13-23)15-32(26,29-7-3)30-8-4/h9-12H,5-8,15H2,1-4H3. The molecule has 0 radical (unpaired) electrons. The first-order valence-corrected chi connectivity index (χ1v) is 12.8. The zero-order valence-corrected chi connectivity index (χ0v) is 20.4. The molecule has 2 rings (SSSR count). The van der Waals surface area contributed by atoms with Crippen molar-refractivity contribution in [3.63, 3.8) is 0 Å². The molecule has 0 bridgehead atoms. The van der Waals surface area contributed by atoms with Gasteiger partial charge in [0.05, 0.1) is 30.5 Å². The van der Waals surface area contributed by atoms with E-state index in [0.717, 1.165) is 0 Å². The molecule has 8 nitrogen and oxygen atoms in total. The molecule has 0 N–H and O–H groups in total. The Bertz CT molecular complexity index is 1090. The van der Waals surface area contributed by atoms with Crippen LogP contribution >= 0.6 is 16.1 Å². The molecule has 0 aliphatic rings. The first kappa shape index (κ1) is 26.1. The predicted molar refractivity (Wildman–Crippen MR) is 120 cm³/mol. The summed E-state index contributed by atoms with van der Waals surface area (Å²) in [4.78, 5) is 0. The van der Waals surface area contributed by atoms with Gasteiger partial charge in [-0.2, -0.15) is 10.5 Å². The molecule has 0 atom stereocenters. The average Bonchev–Trinajstić information content (AvgIpc) is 2.78. The van der Waals surface area contributed by atoms with E-state index in [-0.39, 0.29) is 43.7 Å². The van der Waals surface area contributed by atoms with E-state index < -0.39 is 21.6 Å². The zero-order chi connectivity index (χ0) is 23.8. The summed E-state index contributed by atoms with van der Waals surface area (Å²) in [5, 5.41) is 20.8. The second-order valence-electron chi connectivity index (χ2n) is 6.55. The summed E-state index contributed by atoms with van der Waals surface area (Å²) < 4.78 is 47.2. The van der Waals surface area contributed by atoms with E-state index in [1.165, 1.54) is 0 Å². The van der Waals surface area contributed by atoms with Crippen LogP contribution < -0.4 is 0 Å². The fourth-order valence-electron chi connectivity index (χ4n) is 3.52. The molecule has 0 amide bonds. The van der Waals surface area contributed by atoms with Crippen LogP contribution in [0.1, 0.15) is 49.9 Å². The highest BCUT2D eigenvalue weighted by Crippen LogP contribution is 2.52. The molecule has 2 aromatic carbocycles. The quantitative estimate of drug-likeness (QED) is 0.278. The Morgan fingerprint density at radius 1 is 0.875 bits per heavy atom. The minimum absolute atomic E-state index is 0.0713. The van der Waals surface area contributed by atoms with Crippen LogP contribution in [0, 0.1) is 22.7 Å². The second-order valence-corrected chi connectivity index (χ2v) is 9.38. The van der Waals surface area contributed by atoms with Crippen molar-refractivity contribution in [2.75, 3.05) is 26.4 Å². The first-order chi connectivity index (χ1) is 15.4. The number of ether oxygens (including phenoxy) is 2. The van der Waals surface area contributed by atoms with Gasteiger partial charge in [-0.1, -0.05) is 24.3 Å². The summed E-state index contributed by atoms with van der Waals surface area (Å²) in [5.41, 5.74) is -0.381. The predicted octanol–water partition coefficient (Wildman–Crippen LogP) is 5.82. The highest BCUT2D eigenvalue weighted by molar-refractivity contribution is 7.53. The summed E-state index contributed by atoms with van der Waals surface area (Å²) in [6.07, 6.45) is -0.0713.